The van der Waals surface area contributed by atoms with E-state index in [1.54, 1.807) is 13.8 Å². The predicted molar refractivity (Wildman–Crippen MR) is 236 cm³/mol. The molecule has 8 heteroatoms. The van der Waals surface area contributed by atoms with Gasteiger partial charge in [-0.1, -0.05) is 40.0 Å². The summed E-state index contributed by atoms with van der Waals surface area (Å²) < 4.78 is 22.3. The second kappa shape index (κ2) is 17.5. The molecule has 0 aromatic rings. The number of carbonyl (C=O) groups excluding carboxylic acids is 4. The number of esters is 4. The van der Waals surface area contributed by atoms with E-state index in [1.165, 1.54) is 103 Å². The van der Waals surface area contributed by atoms with E-state index in [1.807, 2.05) is 34.6 Å². The van der Waals surface area contributed by atoms with Gasteiger partial charge in [-0.3, -0.25) is 14.4 Å². The first-order valence-corrected chi connectivity index (χ1v) is 24.8. The minimum absolute atomic E-state index is 0.0115. The van der Waals surface area contributed by atoms with Crippen molar-refractivity contribution in [1.29, 1.82) is 0 Å². The minimum atomic E-state index is -0.687. The molecule has 8 bridgehead atoms. The second-order valence-corrected chi connectivity index (χ2v) is 24.3. The fraction of sp³-hybridized carbons (Fsp3) is 0.923. The van der Waals surface area contributed by atoms with Crippen LogP contribution in [0.2, 0.25) is 0 Å². The van der Waals surface area contributed by atoms with Crippen LogP contribution in [0.25, 0.3) is 0 Å². The van der Waals surface area contributed by atoms with Gasteiger partial charge in [0.1, 0.15) is 11.2 Å². The molecule has 60 heavy (non-hydrogen) atoms. The molecule has 0 aromatic carbocycles. The second-order valence-electron chi connectivity index (χ2n) is 24.3. The van der Waals surface area contributed by atoms with Crippen molar-refractivity contribution in [3.8, 4) is 0 Å². The summed E-state index contributed by atoms with van der Waals surface area (Å²) >= 11 is 0. The lowest BCUT2D eigenvalue weighted by Crippen LogP contribution is -2.62. The molecule has 0 aromatic heterocycles. The molecule has 0 amide bonds. The van der Waals surface area contributed by atoms with E-state index in [0.29, 0.717) is 36.7 Å². The molecule has 3 unspecified atom stereocenters. The van der Waals surface area contributed by atoms with E-state index in [4.69, 9.17) is 18.9 Å². The number of carbonyl (C=O) groups is 4. The van der Waals surface area contributed by atoms with E-state index < -0.39 is 17.5 Å². The molecule has 8 nitrogen and oxygen atoms in total. The fourth-order valence-electron chi connectivity index (χ4n) is 13.6. The number of rotatable bonds is 11. The summed E-state index contributed by atoms with van der Waals surface area (Å²) in [7, 11) is 0. The highest BCUT2D eigenvalue weighted by molar-refractivity contribution is 5.82. The van der Waals surface area contributed by atoms with E-state index in [9.17, 15) is 19.2 Å². The van der Waals surface area contributed by atoms with Gasteiger partial charge in [0.25, 0.3) is 0 Å². The first-order valence-electron chi connectivity index (χ1n) is 24.8. The van der Waals surface area contributed by atoms with Crippen molar-refractivity contribution in [1.82, 2.24) is 0 Å². The molecule has 1 heterocycles. The molecule has 10 aliphatic rings. The Hall–Kier alpha value is -2.12. The number of hydrogen-bond acceptors (Lipinski definition) is 8. The van der Waals surface area contributed by atoms with Crippen molar-refractivity contribution in [3.05, 3.63) is 0 Å². The summed E-state index contributed by atoms with van der Waals surface area (Å²) in [6.07, 6.45) is 24.3. The molecule has 0 spiro atoms. The molecule has 3 atom stereocenters. The van der Waals surface area contributed by atoms with Gasteiger partial charge < -0.3 is 18.9 Å². The Labute approximate surface area is 364 Å². The third-order valence-corrected chi connectivity index (χ3v) is 18.7. The Morgan fingerprint density at radius 2 is 1.10 bits per heavy atom. The standard InChI is InChI=1S/C25H42O2.C17H28O2.C10H16O4/c1-6-22(2,3)21(26)27-23(4,5)25-15-18-12-19(16-25)14-24(13-18,17-25)20-10-8-7-9-11-20;1-5-16(2,3)15(18)19-17(4)13-7-11-6-12(9-13)10-14(17)8-11;1-4-10(2,3)9(12)14-7-5-6-13-8(7)11/h18-20H,6-17H2,1-5H3;11-14H,5-10H2,1-4H3;7H,4-6H2,1-3H3. The van der Waals surface area contributed by atoms with Crippen LogP contribution in [0.3, 0.4) is 0 Å². The van der Waals surface area contributed by atoms with Crippen LogP contribution in [0.15, 0.2) is 0 Å². The van der Waals surface area contributed by atoms with Crippen LogP contribution in [0.1, 0.15) is 212 Å². The minimum Gasteiger partial charge on any atom is -0.463 e. The van der Waals surface area contributed by atoms with E-state index in [2.05, 4.69) is 34.6 Å². The first kappa shape index (κ1) is 47.4. The molecular formula is C52H86O8. The zero-order valence-electron chi connectivity index (χ0n) is 40.2. The third-order valence-electron chi connectivity index (χ3n) is 18.7. The highest BCUT2D eigenvalue weighted by Crippen LogP contribution is 2.71. The number of hydrogen-bond donors (Lipinski definition) is 0. The van der Waals surface area contributed by atoms with Crippen LogP contribution in [-0.2, 0) is 38.1 Å². The van der Waals surface area contributed by atoms with Crippen LogP contribution in [-0.4, -0.2) is 47.8 Å². The Morgan fingerprint density at radius 1 is 0.617 bits per heavy atom. The van der Waals surface area contributed by atoms with E-state index in [-0.39, 0.29) is 45.4 Å². The molecule has 1 saturated heterocycles. The fourth-order valence-corrected chi connectivity index (χ4v) is 13.6. The molecule has 342 valence electrons. The van der Waals surface area contributed by atoms with Gasteiger partial charge in [-0.05, 0) is 212 Å². The Balaban J connectivity index is 0.000000160. The zero-order chi connectivity index (χ0) is 44.1. The van der Waals surface area contributed by atoms with Crippen molar-refractivity contribution in [2.75, 3.05) is 6.61 Å². The van der Waals surface area contributed by atoms with Gasteiger partial charge in [0, 0.05) is 11.8 Å². The van der Waals surface area contributed by atoms with Crippen LogP contribution in [0.5, 0.6) is 0 Å². The summed E-state index contributed by atoms with van der Waals surface area (Å²) in [6.45, 7) is 24.8. The lowest BCUT2D eigenvalue weighted by Gasteiger charge is -2.68. The lowest BCUT2D eigenvalue weighted by atomic mass is 9.38. The SMILES string of the molecule is CCC(C)(C)C(=O)OC(C)(C)C12CC3CC(CC(C4CCCCC4)(C3)C1)C2.CCC(C)(C)C(=O)OC1(C)C2CC3CC(C2)CC1C3.CCC(C)(C)C(=O)OC1CCOC1=O. The maximum absolute atomic E-state index is 13.0. The van der Waals surface area contributed by atoms with Gasteiger partial charge >= 0.3 is 23.9 Å². The van der Waals surface area contributed by atoms with Gasteiger partial charge in [-0.25, -0.2) is 4.79 Å². The van der Waals surface area contributed by atoms with Gasteiger partial charge in [-0.2, -0.15) is 0 Å². The van der Waals surface area contributed by atoms with Crippen molar-refractivity contribution in [3.63, 3.8) is 0 Å². The highest BCUT2D eigenvalue weighted by Gasteiger charge is 2.65. The van der Waals surface area contributed by atoms with Crippen molar-refractivity contribution < 1.29 is 38.1 Å². The normalized spacial score (nSPS) is 37.0. The number of ether oxygens (including phenoxy) is 4. The van der Waals surface area contributed by atoms with Gasteiger partial charge in [-0.15, -0.1) is 0 Å². The topological polar surface area (TPSA) is 105 Å². The molecule has 9 aliphatic carbocycles. The van der Waals surface area contributed by atoms with Gasteiger partial charge in [0.2, 0.25) is 6.10 Å². The largest absolute Gasteiger partial charge is 0.463 e. The van der Waals surface area contributed by atoms with Crippen LogP contribution in [0, 0.1) is 68.5 Å². The van der Waals surface area contributed by atoms with Crippen LogP contribution in [0.4, 0.5) is 0 Å². The summed E-state index contributed by atoms with van der Waals surface area (Å²) in [4.78, 5) is 48.0. The smallest absolute Gasteiger partial charge is 0.347 e. The molecule has 10 rings (SSSR count). The Kier molecular flexibility index (Phi) is 13.8. The van der Waals surface area contributed by atoms with Gasteiger partial charge in [0.05, 0.1) is 22.9 Å². The Bertz CT molecular complexity index is 1520. The molecule has 1 aliphatic heterocycles. The van der Waals surface area contributed by atoms with E-state index in [0.717, 1.165) is 42.4 Å². The molecule has 9 saturated carbocycles. The molecular weight excluding hydrogens is 753 g/mol. The summed E-state index contributed by atoms with van der Waals surface area (Å²) in [5, 5.41) is 0. The average molecular weight is 839 g/mol. The lowest BCUT2D eigenvalue weighted by molar-refractivity contribution is -0.229. The van der Waals surface area contributed by atoms with Crippen molar-refractivity contribution in [2.45, 2.75) is 229 Å². The van der Waals surface area contributed by atoms with Crippen molar-refractivity contribution in [2.24, 2.45) is 68.5 Å². The van der Waals surface area contributed by atoms with Crippen LogP contribution >= 0.6 is 0 Å². The van der Waals surface area contributed by atoms with Crippen LogP contribution < -0.4 is 0 Å². The third kappa shape index (κ3) is 9.39. The summed E-state index contributed by atoms with van der Waals surface area (Å²) in [5.74, 6) is 5.07. The summed E-state index contributed by atoms with van der Waals surface area (Å²) in [5.41, 5.74) is -0.964. The first-order chi connectivity index (χ1) is 27.9. The van der Waals surface area contributed by atoms with Crippen molar-refractivity contribution >= 4 is 23.9 Å². The quantitative estimate of drug-likeness (QED) is 0.150. The Morgan fingerprint density at radius 3 is 1.58 bits per heavy atom. The maximum Gasteiger partial charge on any atom is 0.347 e. The van der Waals surface area contributed by atoms with Gasteiger partial charge in [0.15, 0.2) is 0 Å². The highest BCUT2D eigenvalue weighted by atomic mass is 16.6. The number of cyclic esters (lactones) is 1. The summed E-state index contributed by atoms with van der Waals surface area (Å²) in [6, 6.07) is 0. The molecule has 0 radical (unpaired) electrons. The maximum atomic E-state index is 13.0. The van der Waals surface area contributed by atoms with E-state index >= 15 is 0 Å². The average Bonchev–Trinajstić information content (AvgIpc) is 3.60. The predicted octanol–water partition coefficient (Wildman–Crippen LogP) is 12.4. The monoisotopic (exact) mass is 839 g/mol. The molecule has 0 N–H and O–H groups in total. The molecule has 10 fully saturated rings. The zero-order valence-corrected chi connectivity index (χ0v) is 40.2.